The van der Waals surface area contributed by atoms with E-state index < -0.39 is 0 Å². The number of halogens is 2. The zero-order valence-corrected chi connectivity index (χ0v) is 11.4. The molecule has 100 valence electrons. The number of rotatable bonds is 4. The molecule has 1 fully saturated rings. The van der Waals surface area contributed by atoms with Crippen molar-refractivity contribution in [2.24, 2.45) is 0 Å². The summed E-state index contributed by atoms with van der Waals surface area (Å²) in [5.41, 5.74) is 1.89. The van der Waals surface area contributed by atoms with E-state index in [0.29, 0.717) is 5.88 Å². The van der Waals surface area contributed by atoms with Crippen LogP contribution in [-0.2, 0) is 10.6 Å². The number of hydrogen-bond acceptors (Lipinski definition) is 2. The second-order valence-corrected chi connectivity index (χ2v) is 4.84. The third-order valence-corrected chi connectivity index (χ3v) is 3.59. The highest BCUT2D eigenvalue weighted by molar-refractivity contribution is 6.17. The van der Waals surface area contributed by atoms with E-state index in [-0.39, 0.29) is 11.9 Å². The molecule has 4 heteroatoms. The van der Waals surface area contributed by atoms with E-state index in [1.54, 1.807) is 0 Å². The average Bonchev–Trinajstić information content (AvgIpc) is 2.39. The second kappa shape index (κ2) is 6.39. The molecule has 1 heterocycles. The maximum absolute atomic E-state index is 13.2. The van der Waals surface area contributed by atoms with Gasteiger partial charge in [0.15, 0.2) is 0 Å². The summed E-state index contributed by atoms with van der Waals surface area (Å²) in [7, 11) is 0. The van der Waals surface area contributed by atoms with Crippen molar-refractivity contribution in [1.82, 2.24) is 0 Å². The van der Waals surface area contributed by atoms with Crippen LogP contribution in [0.4, 0.5) is 10.1 Å². The molecular weight excluding hydrogens is 253 g/mol. The van der Waals surface area contributed by atoms with Gasteiger partial charge in [-0.1, -0.05) is 0 Å². The van der Waals surface area contributed by atoms with E-state index in [1.165, 1.54) is 12.1 Å². The summed E-state index contributed by atoms with van der Waals surface area (Å²) in [6, 6.07) is 4.84. The van der Waals surface area contributed by atoms with Gasteiger partial charge in [0.25, 0.3) is 0 Å². The van der Waals surface area contributed by atoms with E-state index in [9.17, 15) is 4.39 Å². The SMILES string of the molecule is CCOC1CCCN(c2ccc(F)cc2CCl)C1. The molecule has 0 aliphatic carbocycles. The number of nitrogens with zero attached hydrogens (tertiary/aromatic N) is 1. The van der Waals surface area contributed by atoms with E-state index in [0.717, 1.165) is 43.8 Å². The Morgan fingerprint density at radius 1 is 1.50 bits per heavy atom. The van der Waals surface area contributed by atoms with Crippen LogP contribution in [0.1, 0.15) is 25.3 Å². The van der Waals surface area contributed by atoms with Crippen LogP contribution >= 0.6 is 11.6 Å². The number of benzene rings is 1. The van der Waals surface area contributed by atoms with Crippen molar-refractivity contribution in [1.29, 1.82) is 0 Å². The van der Waals surface area contributed by atoms with Crippen molar-refractivity contribution < 1.29 is 9.13 Å². The molecule has 0 radical (unpaired) electrons. The molecule has 1 aliphatic heterocycles. The number of ether oxygens (including phenoxy) is 1. The molecule has 0 amide bonds. The van der Waals surface area contributed by atoms with Gasteiger partial charge >= 0.3 is 0 Å². The lowest BCUT2D eigenvalue weighted by Crippen LogP contribution is -2.40. The molecule has 1 aromatic rings. The van der Waals surface area contributed by atoms with Crippen molar-refractivity contribution in [2.45, 2.75) is 31.7 Å². The van der Waals surface area contributed by atoms with Crippen molar-refractivity contribution in [3.05, 3.63) is 29.6 Å². The molecule has 0 aromatic heterocycles. The summed E-state index contributed by atoms with van der Waals surface area (Å²) in [6.45, 7) is 4.60. The fourth-order valence-electron chi connectivity index (χ4n) is 2.50. The molecule has 1 unspecified atom stereocenters. The van der Waals surface area contributed by atoms with Gasteiger partial charge in [-0.05, 0) is 43.5 Å². The normalized spacial score (nSPS) is 20.2. The molecule has 1 aromatic carbocycles. The summed E-state index contributed by atoms with van der Waals surface area (Å²) < 4.78 is 18.9. The molecule has 0 N–H and O–H groups in total. The van der Waals surface area contributed by atoms with Gasteiger partial charge < -0.3 is 9.64 Å². The Kier molecular flexibility index (Phi) is 4.84. The average molecular weight is 272 g/mol. The van der Waals surface area contributed by atoms with Crippen LogP contribution in [-0.4, -0.2) is 25.8 Å². The molecular formula is C14H19ClFNO. The van der Waals surface area contributed by atoms with Gasteiger partial charge in [-0.25, -0.2) is 4.39 Å². The summed E-state index contributed by atoms with van der Waals surface area (Å²) in [4.78, 5) is 2.25. The first-order valence-electron chi connectivity index (χ1n) is 6.45. The summed E-state index contributed by atoms with van der Waals surface area (Å²) in [6.07, 6.45) is 2.47. The molecule has 2 nitrogen and oxygen atoms in total. The third-order valence-electron chi connectivity index (χ3n) is 3.31. The number of alkyl halides is 1. The molecule has 0 bridgehead atoms. The van der Waals surface area contributed by atoms with E-state index in [1.807, 2.05) is 13.0 Å². The minimum Gasteiger partial charge on any atom is -0.377 e. The predicted molar refractivity (Wildman–Crippen MR) is 72.8 cm³/mol. The van der Waals surface area contributed by atoms with Crippen LogP contribution in [0, 0.1) is 5.82 Å². The Bertz CT molecular complexity index is 397. The monoisotopic (exact) mass is 271 g/mol. The fraction of sp³-hybridized carbons (Fsp3) is 0.571. The lowest BCUT2D eigenvalue weighted by molar-refractivity contribution is 0.0526. The molecule has 1 atom stereocenters. The van der Waals surface area contributed by atoms with E-state index in [4.69, 9.17) is 16.3 Å². The van der Waals surface area contributed by atoms with E-state index >= 15 is 0 Å². The highest BCUT2D eigenvalue weighted by Gasteiger charge is 2.21. The molecule has 18 heavy (non-hydrogen) atoms. The lowest BCUT2D eigenvalue weighted by atomic mass is 10.1. The van der Waals surface area contributed by atoms with Crippen LogP contribution in [0.25, 0.3) is 0 Å². The Hall–Kier alpha value is -0.800. The van der Waals surface area contributed by atoms with Crippen molar-refractivity contribution in [2.75, 3.05) is 24.6 Å². The van der Waals surface area contributed by atoms with Crippen LogP contribution in [0.15, 0.2) is 18.2 Å². The second-order valence-electron chi connectivity index (χ2n) is 4.57. The zero-order chi connectivity index (χ0) is 13.0. The molecule has 0 saturated carbocycles. The van der Waals surface area contributed by atoms with Gasteiger partial charge in [-0.15, -0.1) is 11.6 Å². The Morgan fingerprint density at radius 3 is 3.06 bits per heavy atom. The first-order chi connectivity index (χ1) is 8.74. The Balaban J connectivity index is 2.15. The highest BCUT2D eigenvalue weighted by atomic mass is 35.5. The summed E-state index contributed by atoms with van der Waals surface area (Å²) >= 11 is 5.90. The maximum atomic E-state index is 13.2. The van der Waals surface area contributed by atoms with Crippen LogP contribution < -0.4 is 4.90 Å². The largest absolute Gasteiger partial charge is 0.377 e. The predicted octanol–water partition coefficient (Wildman–Crippen LogP) is 3.57. The van der Waals surface area contributed by atoms with Gasteiger partial charge in [-0.3, -0.25) is 0 Å². The van der Waals surface area contributed by atoms with E-state index in [2.05, 4.69) is 4.90 Å². The highest BCUT2D eigenvalue weighted by Crippen LogP contribution is 2.27. The van der Waals surface area contributed by atoms with Crippen molar-refractivity contribution in [3.63, 3.8) is 0 Å². The van der Waals surface area contributed by atoms with Crippen LogP contribution in [0.2, 0.25) is 0 Å². The van der Waals surface area contributed by atoms with Crippen molar-refractivity contribution in [3.8, 4) is 0 Å². The minimum absolute atomic E-state index is 0.229. The Labute approximate surface area is 113 Å². The summed E-state index contributed by atoms with van der Waals surface area (Å²) in [5, 5.41) is 0. The molecule has 0 spiro atoms. The number of piperidine rings is 1. The first-order valence-corrected chi connectivity index (χ1v) is 6.99. The molecule has 1 aliphatic rings. The third kappa shape index (κ3) is 3.15. The zero-order valence-electron chi connectivity index (χ0n) is 10.7. The van der Waals surface area contributed by atoms with Gasteiger partial charge in [-0.2, -0.15) is 0 Å². The van der Waals surface area contributed by atoms with Crippen LogP contribution in [0.3, 0.4) is 0 Å². The number of hydrogen-bond donors (Lipinski definition) is 0. The lowest BCUT2D eigenvalue weighted by Gasteiger charge is -2.35. The minimum atomic E-state index is -0.229. The van der Waals surface area contributed by atoms with Crippen LogP contribution in [0.5, 0.6) is 0 Å². The topological polar surface area (TPSA) is 12.5 Å². The maximum Gasteiger partial charge on any atom is 0.123 e. The fourth-order valence-corrected chi connectivity index (χ4v) is 2.71. The number of anilines is 1. The van der Waals surface area contributed by atoms with Gasteiger partial charge in [0, 0.05) is 31.3 Å². The van der Waals surface area contributed by atoms with Gasteiger partial charge in [0.05, 0.1) is 6.10 Å². The van der Waals surface area contributed by atoms with Gasteiger partial charge in [0.1, 0.15) is 5.82 Å². The van der Waals surface area contributed by atoms with Gasteiger partial charge in [0.2, 0.25) is 0 Å². The molecule has 2 rings (SSSR count). The summed E-state index contributed by atoms with van der Waals surface area (Å²) in [5.74, 6) is 0.107. The quantitative estimate of drug-likeness (QED) is 0.777. The first kappa shape index (κ1) is 13.6. The standard InChI is InChI=1S/C14H19ClFNO/c1-2-18-13-4-3-7-17(10-13)14-6-5-12(16)8-11(14)9-15/h5-6,8,13H,2-4,7,9-10H2,1H3. The molecule has 1 saturated heterocycles. The van der Waals surface area contributed by atoms with Crippen molar-refractivity contribution >= 4 is 17.3 Å². The smallest absolute Gasteiger partial charge is 0.123 e. The Morgan fingerprint density at radius 2 is 2.33 bits per heavy atom.